The van der Waals surface area contributed by atoms with E-state index < -0.39 is 27.9 Å². The first-order valence-corrected chi connectivity index (χ1v) is 14.5. The van der Waals surface area contributed by atoms with E-state index in [0.29, 0.717) is 23.4 Å². The van der Waals surface area contributed by atoms with Crippen LogP contribution in [0.5, 0.6) is 5.88 Å². The summed E-state index contributed by atoms with van der Waals surface area (Å²) < 4.78 is 33.6. The van der Waals surface area contributed by atoms with Crippen molar-refractivity contribution in [2.45, 2.75) is 27.7 Å². The minimum absolute atomic E-state index is 0.103. The topological polar surface area (TPSA) is 191 Å². The van der Waals surface area contributed by atoms with Crippen molar-refractivity contribution < 1.29 is 31.7 Å². The smallest absolute Gasteiger partial charge is 0.354 e. The van der Waals surface area contributed by atoms with Crippen LogP contribution in [-0.2, 0) is 14.3 Å². The van der Waals surface area contributed by atoms with Gasteiger partial charge in [0.1, 0.15) is 11.5 Å². The van der Waals surface area contributed by atoms with Gasteiger partial charge >= 0.3 is 16.1 Å². The van der Waals surface area contributed by atoms with Crippen LogP contribution >= 0.6 is 0 Å². The van der Waals surface area contributed by atoms with E-state index in [2.05, 4.69) is 19.8 Å². The van der Waals surface area contributed by atoms with Gasteiger partial charge in [0.15, 0.2) is 0 Å². The van der Waals surface area contributed by atoms with Crippen molar-refractivity contribution in [1.29, 1.82) is 5.41 Å². The van der Waals surface area contributed by atoms with Gasteiger partial charge in [-0.25, -0.2) is 9.78 Å². The van der Waals surface area contributed by atoms with Gasteiger partial charge < -0.3 is 25.3 Å². The molecule has 0 aliphatic rings. The van der Waals surface area contributed by atoms with E-state index in [9.17, 15) is 22.8 Å². The van der Waals surface area contributed by atoms with Crippen molar-refractivity contribution in [2.24, 2.45) is 11.1 Å². The van der Waals surface area contributed by atoms with Crippen LogP contribution in [0.15, 0.2) is 48.5 Å². The third kappa shape index (κ3) is 8.13. The number of ether oxygens (including phenoxy) is 1. The number of amides is 2. The van der Waals surface area contributed by atoms with Crippen LogP contribution in [0.3, 0.4) is 0 Å². The zero-order valence-corrected chi connectivity index (χ0v) is 24.9. The largest absolute Gasteiger partial charge is 0.481 e. The molecule has 0 bridgehead atoms. The molecule has 0 saturated carbocycles. The number of nitrogens with zero attached hydrogens (tertiary/aromatic N) is 1. The van der Waals surface area contributed by atoms with Crippen LogP contribution in [0, 0.1) is 17.7 Å². The van der Waals surface area contributed by atoms with Gasteiger partial charge in [0.05, 0.1) is 18.9 Å². The molecular weight excluding hydrogens is 562 g/mol. The normalized spacial score (nSPS) is 11.4. The second kappa shape index (κ2) is 12.4. The Hall–Kier alpha value is -4.78. The van der Waals surface area contributed by atoms with Gasteiger partial charge in [-0.3, -0.25) is 15.0 Å². The van der Waals surface area contributed by atoms with Crippen LogP contribution in [-0.4, -0.2) is 56.9 Å². The second-order valence-electron chi connectivity index (χ2n) is 10.7. The highest BCUT2D eigenvalue weighted by Gasteiger charge is 2.26. The Morgan fingerprint density at radius 1 is 0.976 bits per heavy atom. The molecule has 3 rings (SSSR count). The number of hydrogen-bond acceptors (Lipinski definition) is 9. The van der Waals surface area contributed by atoms with Gasteiger partial charge in [0.25, 0.3) is 11.8 Å². The summed E-state index contributed by atoms with van der Waals surface area (Å²) in [5.41, 5.74) is 6.55. The molecule has 0 aliphatic heterocycles. The molecule has 5 N–H and O–H groups in total. The second-order valence-corrected chi connectivity index (χ2v) is 12.3. The Morgan fingerprint density at radius 3 is 2.17 bits per heavy atom. The van der Waals surface area contributed by atoms with Crippen molar-refractivity contribution in [1.82, 2.24) is 10.3 Å². The number of nitrogens with two attached hydrogens (primary N) is 1. The number of aromatic nitrogens is 1. The van der Waals surface area contributed by atoms with E-state index in [4.69, 9.17) is 15.9 Å². The molecular formula is C29H33N5O7S. The Morgan fingerprint density at radius 2 is 1.62 bits per heavy atom. The maximum Gasteiger partial charge on any atom is 0.354 e. The number of anilines is 1. The minimum Gasteiger partial charge on any atom is -0.481 e. The van der Waals surface area contributed by atoms with E-state index >= 15 is 0 Å². The molecule has 0 fully saturated rings. The van der Waals surface area contributed by atoms with Gasteiger partial charge in [-0.2, -0.15) is 8.42 Å². The zero-order chi connectivity index (χ0) is 31.4. The maximum absolute atomic E-state index is 13.5. The van der Waals surface area contributed by atoms with Gasteiger partial charge in [0.2, 0.25) is 5.88 Å². The number of nitrogens with one attached hydrogen (secondary N) is 3. The number of carbonyl (C=O) groups excluding carboxylic acids is 3. The lowest BCUT2D eigenvalue weighted by Crippen LogP contribution is -2.32. The molecule has 0 radical (unpaired) electrons. The molecule has 0 saturated heterocycles. The molecule has 0 unspecified atom stereocenters. The van der Waals surface area contributed by atoms with Gasteiger partial charge in [0, 0.05) is 35.0 Å². The number of carbonyl (C=O) groups is 3. The summed E-state index contributed by atoms with van der Waals surface area (Å²) in [7, 11) is -2.85. The number of aryl methyl sites for hydroxylation is 1. The molecule has 0 aliphatic carbocycles. The Labute approximate surface area is 244 Å². The molecule has 12 nitrogen and oxygen atoms in total. The Bertz CT molecular complexity index is 1660. The van der Waals surface area contributed by atoms with E-state index in [1.807, 2.05) is 20.8 Å². The molecule has 0 spiro atoms. The summed E-state index contributed by atoms with van der Waals surface area (Å²) in [6.45, 7) is 7.82. The highest BCUT2D eigenvalue weighted by Crippen LogP contribution is 2.32. The highest BCUT2D eigenvalue weighted by atomic mass is 32.2. The standard InChI is InChI=1S/C29H33N5O7S/c1-16-13-21(22(28(37)41-42(6,38)39)14-20(16)26(35)32-15-29(2,3)4)19-11-12-23(40-5)34-24(19)27(36)33-18-9-7-17(8-10-18)25(30)31/h7-14H,15H2,1-6H3,(H3,30,31)(H,32,35)(H,33,36). The molecule has 0 atom stereocenters. The molecule has 1 aromatic heterocycles. The first-order chi connectivity index (χ1) is 19.5. The minimum atomic E-state index is -4.22. The Balaban J connectivity index is 2.17. The monoisotopic (exact) mass is 595 g/mol. The summed E-state index contributed by atoms with van der Waals surface area (Å²) in [5, 5.41) is 13.1. The third-order valence-corrected chi connectivity index (χ3v) is 6.33. The van der Waals surface area contributed by atoms with Crippen LogP contribution < -0.4 is 21.1 Å². The number of hydrogen-bond donors (Lipinski definition) is 4. The SMILES string of the molecule is COc1ccc(-c2cc(C)c(C(=O)NCC(C)(C)C)cc2C(=O)OS(C)(=O)=O)c(C(=O)Nc2ccc(C(=N)N)cc2)n1. The summed E-state index contributed by atoms with van der Waals surface area (Å²) in [5.74, 6) is -2.41. The van der Waals surface area contributed by atoms with Crippen LogP contribution in [0.4, 0.5) is 5.69 Å². The van der Waals surface area contributed by atoms with E-state index in [1.165, 1.54) is 31.4 Å². The fourth-order valence-electron chi connectivity index (χ4n) is 3.84. The molecule has 13 heteroatoms. The van der Waals surface area contributed by atoms with E-state index in [0.717, 1.165) is 6.26 Å². The summed E-state index contributed by atoms with van der Waals surface area (Å²) >= 11 is 0. The Kier molecular flexibility index (Phi) is 9.36. The van der Waals surface area contributed by atoms with Crippen molar-refractivity contribution in [3.8, 4) is 17.0 Å². The number of rotatable bonds is 9. The predicted molar refractivity (Wildman–Crippen MR) is 158 cm³/mol. The fraction of sp³-hybridized carbons (Fsp3) is 0.276. The average molecular weight is 596 g/mol. The molecule has 2 aromatic carbocycles. The number of nitrogen functional groups attached to an aromatic ring is 1. The summed E-state index contributed by atoms with van der Waals surface area (Å²) in [6.07, 6.45) is 0.723. The zero-order valence-electron chi connectivity index (χ0n) is 24.1. The number of methoxy groups -OCH3 is 1. The predicted octanol–water partition coefficient (Wildman–Crippen LogP) is 3.49. The molecule has 3 aromatic rings. The average Bonchev–Trinajstić information content (AvgIpc) is 2.90. The lowest BCUT2D eigenvalue weighted by atomic mass is 9.92. The molecule has 42 heavy (non-hydrogen) atoms. The third-order valence-electron chi connectivity index (χ3n) is 5.87. The molecule has 2 amide bonds. The first-order valence-electron chi connectivity index (χ1n) is 12.7. The lowest BCUT2D eigenvalue weighted by molar-refractivity contribution is 0.0748. The van der Waals surface area contributed by atoms with Crippen molar-refractivity contribution >= 4 is 39.4 Å². The van der Waals surface area contributed by atoms with Crippen LogP contribution in [0.2, 0.25) is 0 Å². The lowest BCUT2D eigenvalue weighted by Gasteiger charge is -2.20. The number of pyridine rings is 1. The van der Waals surface area contributed by atoms with Crippen molar-refractivity contribution in [3.05, 3.63) is 76.5 Å². The molecule has 222 valence electrons. The first kappa shape index (κ1) is 31.7. The van der Waals surface area contributed by atoms with E-state index in [1.54, 1.807) is 31.2 Å². The van der Waals surface area contributed by atoms with Crippen molar-refractivity contribution in [2.75, 3.05) is 25.2 Å². The van der Waals surface area contributed by atoms with Gasteiger partial charge in [-0.05, 0) is 65.9 Å². The quantitative estimate of drug-likeness (QED) is 0.163. The number of benzene rings is 2. The number of amidine groups is 1. The van der Waals surface area contributed by atoms with Gasteiger partial charge in [-0.1, -0.05) is 20.8 Å². The highest BCUT2D eigenvalue weighted by molar-refractivity contribution is 7.86. The van der Waals surface area contributed by atoms with Crippen molar-refractivity contribution in [3.63, 3.8) is 0 Å². The molecule has 1 heterocycles. The van der Waals surface area contributed by atoms with Gasteiger partial charge in [-0.15, -0.1) is 0 Å². The fourth-order valence-corrected chi connectivity index (χ4v) is 4.20. The summed E-state index contributed by atoms with van der Waals surface area (Å²) in [4.78, 5) is 43.9. The van der Waals surface area contributed by atoms with E-state index in [-0.39, 0.29) is 45.1 Å². The van der Waals surface area contributed by atoms with Crippen LogP contribution in [0.25, 0.3) is 11.1 Å². The maximum atomic E-state index is 13.5. The summed E-state index contributed by atoms with van der Waals surface area (Å²) in [6, 6.07) is 11.9. The van der Waals surface area contributed by atoms with Crippen LogP contribution in [0.1, 0.15) is 63.1 Å².